The van der Waals surface area contributed by atoms with Gasteiger partial charge in [-0.05, 0) is 11.0 Å². The molecule has 0 spiro atoms. The zero-order valence-electron chi connectivity index (χ0n) is 10.8. The monoisotopic (exact) mass is 235 g/mol. The van der Waals surface area contributed by atoms with Crippen molar-refractivity contribution in [3.8, 4) is 0 Å². The summed E-state index contributed by atoms with van der Waals surface area (Å²) in [5.41, 5.74) is 1.19. The number of rotatable bonds is 5. The fourth-order valence-electron chi connectivity index (χ4n) is 1.25. The summed E-state index contributed by atoms with van der Waals surface area (Å²) in [6.45, 7) is 7.50. The van der Waals surface area contributed by atoms with Crippen LogP contribution in [0.25, 0.3) is 0 Å². The van der Waals surface area contributed by atoms with Gasteiger partial charge in [0.1, 0.15) is 6.61 Å². The first kappa shape index (κ1) is 13.7. The third-order valence-corrected chi connectivity index (χ3v) is 2.16. The lowest BCUT2D eigenvalue weighted by atomic mass is 9.97. The normalized spacial score (nSPS) is 11.2. The lowest BCUT2D eigenvalue weighted by molar-refractivity contribution is -0.126. The van der Waals surface area contributed by atoms with Crippen LogP contribution < -0.4 is 5.32 Å². The van der Waals surface area contributed by atoms with Crippen molar-refractivity contribution in [2.24, 2.45) is 5.41 Å². The molecular weight excluding hydrogens is 214 g/mol. The SMILES string of the molecule is CC(C)(C)CNC(=O)COCc1ccccc1. The second kappa shape index (κ2) is 6.40. The maximum atomic E-state index is 11.4. The van der Waals surface area contributed by atoms with Crippen LogP contribution in [0.4, 0.5) is 0 Å². The van der Waals surface area contributed by atoms with Crippen LogP contribution in [0.2, 0.25) is 0 Å². The molecule has 0 saturated heterocycles. The van der Waals surface area contributed by atoms with Crippen molar-refractivity contribution in [3.63, 3.8) is 0 Å². The number of hydrogen-bond donors (Lipinski definition) is 1. The van der Waals surface area contributed by atoms with Crippen molar-refractivity contribution in [1.82, 2.24) is 5.32 Å². The number of carbonyl (C=O) groups excluding carboxylic acids is 1. The fraction of sp³-hybridized carbons (Fsp3) is 0.500. The Kier molecular flexibility index (Phi) is 5.16. The Bertz CT molecular complexity index is 341. The van der Waals surface area contributed by atoms with Crippen LogP contribution in [0.15, 0.2) is 30.3 Å². The maximum Gasteiger partial charge on any atom is 0.246 e. The second-order valence-corrected chi connectivity index (χ2v) is 5.32. The minimum atomic E-state index is -0.0594. The largest absolute Gasteiger partial charge is 0.367 e. The molecule has 0 aliphatic carbocycles. The molecule has 0 unspecified atom stereocenters. The average Bonchev–Trinajstić information content (AvgIpc) is 2.27. The molecule has 1 aromatic carbocycles. The fourth-order valence-corrected chi connectivity index (χ4v) is 1.25. The lowest BCUT2D eigenvalue weighted by Gasteiger charge is -2.18. The highest BCUT2D eigenvalue weighted by Crippen LogP contribution is 2.10. The summed E-state index contributed by atoms with van der Waals surface area (Å²) in [5.74, 6) is -0.0594. The van der Waals surface area contributed by atoms with E-state index in [-0.39, 0.29) is 17.9 Å². The quantitative estimate of drug-likeness (QED) is 0.851. The van der Waals surface area contributed by atoms with Crippen molar-refractivity contribution in [2.45, 2.75) is 27.4 Å². The van der Waals surface area contributed by atoms with E-state index in [1.54, 1.807) is 0 Å². The average molecular weight is 235 g/mol. The first-order valence-electron chi connectivity index (χ1n) is 5.86. The maximum absolute atomic E-state index is 11.4. The van der Waals surface area contributed by atoms with E-state index in [9.17, 15) is 4.79 Å². The third kappa shape index (κ3) is 6.74. The summed E-state index contributed by atoms with van der Waals surface area (Å²) in [4.78, 5) is 11.4. The van der Waals surface area contributed by atoms with Gasteiger partial charge in [-0.15, -0.1) is 0 Å². The number of nitrogens with one attached hydrogen (secondary N) is 1. The molecule has 0 bridgehead atoms. The van der Waals surface area contributed by atoms with Crippen LogP contribution in [-0.2, 0) is 16.1 Å². The summed E-state index contributed by atoms with van der Waals surface area (Å²) in [5, 5.41) is 2.84. The molecule has 0 aliphatic rings. The molecule has 0 aliphatic heterocycles. The molecule has 1 rings (SSSR count). The number of amides is 1. The van der Waals surface area contributed by atoms with Gasteiger partial charge in [-0.3, -0.25) is 4.79 Å². The van der Waals surface area contributed by atoms with Gasteiger partial charge < -0.3 is 10.1 Å². The number of ether oxygens (including phenoxy) is 1. The van der Waals surface area contributed by atoms with Crippen LogP contribution in [0.1, 0.15) is 26.3 Å². The van der Waals surface area contributed by atoms with Crippen molar-refractivity contribution >= 4 is 5.91 Å². The Morgan fingerprint density at radius 3 is 2.47 bits per heavy atom. The van der Waals surface area contributed by atoms with Gasteiger partial charge in [0.25, 0.3) is 0 Å². The summed E-state index contributed by atoms with van der Waals surface area (Å²) >= 11 is 0. The Hall–Kier alpha value is -1.35. The highest BCUT2D eigenvalue weighted by atomic mass is 16.5. The molecule has 17 heavy (non-hydrogen) atoms. The topological polar surface area (TPSA) is 38.3 Å². The van der Waals surface area contributed by atoms with Gasteiger partial charge in [0, 0.05) is 6.54 Å². The van der Waals surface area contributed by atoms with Gasteiger partial charge in [0.05, 0.1) is 6.61 Å². The molecule has 94 valence electrons. The van der Waals surface area contributed by atoms with Crippen LogP contribution in [0.5, 0.6) is 0 Å². The van der Waals surface area contributed by atoms with E-state index in [0.29, 0.717) is 13.2 Å². The second-order valence-electron chi connectivity index (χ2n) is 5.32. The molecule has 0 fully saturated rings. The zero-order valence-corrected chi connectivity index (χ0v) is 10.8. The predicted molar refractivity (Wildman–Crippen MR) is 68.6 cm³/mol. The van der Waals surface area contributed by atoms with E-state index < -0.39 is 0 Å². The minimum absolute atomic E-state index is 0.0594. The lowest BCUT2D eigenvalue weighted by Crippen LogP contribution is -2.34. The molecule has 0 radical (unpaired) electrons. The third-order valence-electron chi connectivity index (χ3n) is 2.16. The van der Waals surface area contributed by atoms with Crippen LogP contribution in [0, 0.1) is 5.41 Å². The smallest absolute Gasteiger partial charge is 0.246 e. The summed E-state index contributed by atoms with van der Waals surface area (Å²) < 4.78 is 5.33. The molecule has 1 N–H and O–H groups in total. The summed E-state index contributed by atoms with van der Waals surface area (Å²) in [6.07, 6.45) is 0. The van der Waals surface area contributed by atoms with Gasteiger partial charge in [0.2, 0.25) is 5.91 Å². The molecule has 0 atom stereocenters. The standard InChI is InChI=1S/C14H21NO2/c1-14(2,3)11-15-13(16)10-17-9-12-7-5-4-6-8-12/h4-8H,9-11H2,1-3H3,(H,15,16). The highest BCUT2D eigenvalue weighted by molar-refractivity contribution is 5.77. The minimum Gasteiger partial charge on any atom is -0.367 e. The van der Waals surface area contributed by atoms with E-state index in [1.165, 1.54) is 0 Å². The van der Waals surface area contributed by atoms with Gasteiger partial charge in [0.15, 0.2) is 0 Å². The Morgan fingerprint density at radius 1 is 1.24 bits per heavy atom. The molecule has 0 saturated carbocycles. The highest BCUT2D eigenvalue weighted by Gasteiger charge is 2.11. The number of carbonyl (C=O) groups is 1. The molecule has 3 heteroatoms. The van der Waals surface area contributed by atoms with Crippen molar-refractivity contribution in [2.75, 3.05) is 13.2 Å². The van der Waals surface area contributed by atoms with Crippen molar-refractivity contribution in [1.29, 1.82) is 0 Å². The van der Waals surface area contributed by atoms with Gasteiger partial charge >= 0.3 is 0 Å². The molecule has 1 aromatic rings. The first-order valence-corrected chi connectivity index (χ1v) is 5.86. The van der Waals surface area contributed by atoms with Crippen LogP contribution in [0.3, 0.4) is 0 Å². The first-order chi connectivity index (χ1) is 7.97. The predicted octanol–water partition coefficient (Wildman–Crippen LogP) is 2.37. The Balaban J connectivity index is 2.17. The van der Waals surface area contributed by atoms with Crippen molar-refractivity contribution < 1.29 is 9.53 Å². The van der Waals surface area contributed by atoms with Crippen LogP contribution in [-0.4, -0.2) is 19.1 Å². The van der Waals surface area contributed by atoms with E-state index >= 15 is 0 Å². The molecular formula is C14H21NO2. The molecule has 0 heterocycles. The van der Waals surface area contributed by atoms with Gasteiger partial charge in [-0.1, -0.05) is 51.1 Å². The summed E-state index contributed by atoms with van der Waals surface area (Å²) in [7, 11) is 0. The van der Waals surface area contributed by atoms with E-state index in [0.717, 1.165) is 5.56 Å². The molecule has 1 amide bonds. The van der Waals surface area contributed by atoms with Gasteiger partial charge in [-0.25, -0.2) is 0 Å². The Labute approximate surface area is 103 Å². The molecule has 3 nitrogen and oxygen atoms in total. The van der Waals surface area contributed by atoms with Gasteiger partial charge in [-0.2, -0.15) is 0 Å². The molecule has 0 aromatic heterocycles. The number of hydrogen-bond acceptors (Lipinski definition) is 2. The van der Waals surface area contributed by atoms with Crippen molar-refractivity contribution in [3.05, 3.63) is 35.9 Å². The summed E-state index contributed by atoms with van der Waals surface area (Å²) in [6, 6.07) is 9.83. The van der Waals surface area contributed by atoms with E-state index in [2.05, 4.69) is 26.1 Å². The van der Waals surface area contributed by atoms with E-state index in [1.807, 2.05) is 30.3 Å². The van der Waals surface area contributed by atoms with Crippen LogP contribution >= 0.6 is 0 Å². The number of benzene rings is 1. The zero-order chi connectivity index (χ0) is 12.7. The van der Waals surface area contributed by atoms with E-state index in [4.69, 9.17) is 4.74 Å². The Morgan fingerprint density at radius 2 is 1.88 bits per heavy atom.